The van der Waals surface area contributed by atoms with E-state index in [9.17, 15) is 25.1 Å². The second-order valence-electron chi connectivity index (χ2n) is 7.41. The molecular formula is C19H20N2O6S3. The van der Waals surface area contributed by atoms with Gasteiger partial charge in [-0.1, -0.05) is 0 Å². The maximum Gasteiger partial charge on any atom is 0.269 e. The van der Waals surface area contributed by atoms with Gasteiger partial charge in [0.05, 0.1) is 23.0 Å². The Hall–Kier alpha value is -1.66. The van der Waals surface area contributed by atoms with Gasteiger partial charge in [-0.3, -0.25) is 19.8 Å². The molecule has 0 unspecified atom stereocenters. The first-order chi connectivity index (χ1) is 14.3. The monoisotopic (exact) mass is 468 g/mol. The third kappa shape index (κ3) is 3.73. The number of ether oxygens (including phenoxy) is 1. The second kappa shape index (κ2) is 8.46. The highest BCUT2D eigenvalue weighted by atomic mass is 32.2. The molecule has 0 aromatic heterocycles. The van der Waals surface area contributed by atoms with Crippen molar-refractivity contribution < 1.29 is 24.7 Å². The molecule has 0 spiro atoms. The standard InChI is InChI=1S/C19H20N2O6S3/c1-9(22)14-17(24)20-15(16(30-18(14)20)12-7-29-8-13(12)23)19(28)27-6-10-2-4-11(5-3-10)21(25)26/h2-5,9,12-14,18,22-23H,6-8H2,1H3/t9-,12+,13-,14+,18-/m1/s1. The van der Waals surface area contributed by atoms with Crippen LogP contribution < -0.4 is 0 Å². The molecular weight excluding hydrogens is 448 g/mol. The smallest absolute Gasteiger partial charge is 0.269 e. The molecule has 1 amide bonds. The number of aliphatic hydroxyl groups excluding tert-OH is 2. The molecule has 8 nitrogen and oxygen atoms in total. The van der Waals surface area contributed by atoms with Crippen molar-refractivity contribution in [3.05, 3.63) is 50.5 Å². The summed E-state index contributed by atoms with van der Waals surface area (Å²) in [7, 11) is 0. The molecule has 11 heteroatoms. The summed E-state index contributed by atoms with van der Waals surface area (Å²) in [6.07, 6.45) is -1.30. The van der Waals surface area contributed by atoms with E-state index in [1.807, 2.05) is 0 Å². The number of thiocarbonyl (C=S) groups is 1. The molecule has 1 aromatic rings. The molecule has 0 aliphatic carbocycles. The molecule has 4 rings (SSSR count). The number of nitrogens with zero attached hydrogens (tertiary/aromatic N) is 2. The van der Waals surface area contributed by atoms with Crippen LogP contribution in [0.15, 0.2) is 34.9 Å². The summed E-state index contributed by atoms with van der Waals surface area (Å²) in [5.41, 5.74) is 1.21. The summed E-state index contributed by atoms with van der Waals surface area (Å²) in [6, 6.07) is 5.98. The number of β-lactam (4-membered cyclic amide) rings is 1. The number of hydrogen-bond acceptors (Lipinski definition) is 9. The van der Waals surface area contributed by atoms with Crippen LogP contribution >= 0.6 is 35.7 Å². The van der Waals surface area contributed by atoms with E-state index in [-0.39, 0.29) is 34.5 Å². The van der Waals surface area contributed by atoms with Gasteiger partial charge in [-0.25, -0.2) is 0 Å². The van der Waals surface area contributed by atoms with Crippen molar-refractivity contribution in [3.8, 4) is 0 Å². The number of carbonyl (C=O) groups is 1. The van der Waals surface area contributed by atoms with Crippen LogP contribution in [0.4, 0.5) is 5.69 Å². The molecule has 3 aliphatic heterocycles. The molecule has 2 fully saturated rings. The number of rotatable bonds is 6. The average Bonchev–Trinajstić information content (AvgIpc) is 3.27. The number of thioether (sulfide) groups is 2. The molecule has 5 atom stereocenters. The molecule has 2 saturated heterocycles. The van der Waals surface area contributed by atoms with Crippen LogP contribution in [-0.2, 0) is 16.1 Å². The van der Waals surface area contributed by atoms with Gasteiger partial charge in [0.25, 0.3) is 5.69 Å². The van der Waals surface area contributed by atoms with Crippen LogP contribution in [0.1, 0.15) is 12.5 Å². The maximum atomic E-state index is 12.7. The zero-order chi connectivity index (χ0) is 21.6. The Bertz CT molecular complexity index is 919. The summed E-state index contributed by atoms with van der Waals surface area (Å²) < 4.78 is 5.78. The van der Waals surface area contributed by atoms with Crippen molar-refractivity contribution in [2.24, 2.45) is 11.8 Å². The molecule has 30 heavy (non-hydrogen) atoms. The van der Waals surface area contributed by atoms with E-state index < -0.39 is 23.0 Å². The number of aliphatic hydroxyl groups is 2. The van der Waals surface area contributed by atoms with Gasteiger partial charge in [-0.15, -0.1) is 11.8 Å². The fourth-order valence-corrected chi connectivity index (χ4v) is 7.26. The average molecular weight is 469 g/mol. The van der Waals surface area contributed by atoms with E-state index >= 15 is 0 Å². The molecule has 0 radical (unpaired) electrons. The SMILES string of the molecule is C[C@@H](O)[C@H]1C(=O)N2C(C(=S)OCc3ccc([N+](=O)[O-])cc3)=C([C@H]3CSC[C@H]3O)S[C@H]12. The summed E-state index contributed by atoms with van der Waals surface area (Å²) in [5.74, 6) is 0.507. The van der Waals surface area contributed by atoms with Gasteiger partial charge >= 0.3 is 0 Å². The molecule has 1 aromatic carbocycles. The number of carbonyl (C=O) groups excluding carboxylic acids is 1. The summed E-state index contributed by atoms with van der Waals surface area (Å²) >= 11 is 8.63. The minimum absolute atomic E-state index is 0.00980. The fraction of sp³-hybridized carbons (Fsp3) is 0.474. The first-order valence-electron chi connectivity index (χ1n) is 9.37. The number of fused-ring (bicyclic) bond motifs is 1. The number of nitro benzene ring substituents is 1. The van der Waals surface area contributed by atoms with Crippen LogP contribution in [0, 0.1) is 22.0 Å². The summed E-state index contributed by atoms with van der Waals surface area (Å²) in [5, 5.41) is 31.1. The highest BCUT2D eigenvalue weighted by molar-refractivity contribution is 8.04. The molecule has 2 N–H and O–H groups in total. The number of amides is 1. The van der Waals surface area contributed by atoms with Crippen LogP contribution in [0.3, 0.4) is 0 Å². The van der Waals surface area contributed by atoms with E-state index in [0.717, 1.165) is 10.7 Å². The Labute approximate surface area is 186 Å². The minimum Gasteiger partial charge on any atom is -0.477 e. The Morgan fingerprint density at radius 2 is 2.10 bits per heavy atom. The van der Waals surface area contributed by atoms with Crippen molar-refractivity contribution >= 4 is 52.4 Å². The highest BCUT2D eigenvalue weighted by Crippen LogP contribution is 2.54. The number of non-ortho nitro benzene ring substituents is 1. The zero-order valence-corrected chi connectivity index (χ0v) is 18.4. The normalized spacial score (nSPS) is 28.9. The predicted molar refractivity (Wildman–Crippen MR) is 118 cm³/mol. The number of nitro groups is 1. The zero-order valence-electron chi connectivity index (χ0n) is 16.0. The van der Waals surface area contributed by atoms with Gasteiger partial charge in [-0.2, -0.15) is 11.8 Å². The van der Waals surface area contributed by atoms with Gasteiger partial charge in [0.2, 0.25) is 11.0 Å². The van der Waals surface area contributed by atoms with E-state index in [1.54, 1.807) is 35.7 Å². The first kappa shape index (κ1) is 21.6. The van der Waals surface area contributed by atoms with Crippen LogP contribution in [0.2, 0.25) is 0 Å². The molecule has 0 saturated carbocycles. The van der Waals surface area contributed by atoms with Crippen LogP contribution in [0.5, 0.6) is 0 Å². The maximum absolute atomic E-state index is 12.7. The largest absolute Gasteiger partial charge is 0.477 e. The van der Waals surface area contributed by atoms with Crippen molar-refractivity contribution in [1.82, 2.24) is 4.90 Å². The lowest BCUT2D eigenvalue weighted by molar-refractivity contribution is -0.384. The molecule has 0 bridgehead atoms. The minimum atomic E-state index is -0.774. The van der Waals surface area contributed by atoms with Gasteiger partial charge in [0.15, 0.2) is 0 Å². The topological polar surface area (TPSA) is 113 Å². The van der Waals surface area contributed by atoms with Gasteiger partial charge < -0.3 is 14.9 Å². The predicted octanol–water partition coefficient (Wildman–Crippen LogP) is 2.29. The molecule has 3 aliphatic rings. The number of benzene rings is 1. The fourth-order valence-electron chi connectivity index (χ4n) is 3.79. The summed E-state index contributed by atoms with van der Waals surface area (Å²) in [4.78, 5) is 25.4. The molecule has 160 valence electrons. The molecule has 3 heterocycles. The van der Waals surface area contributed by atoms with Crippen molar-refractivity contribution in [2.45, 2.75) is 31.1 Å². The van der Waals surface area contributed by atoms with Gasteiger partial charge in [-0.05, 0) is 36.8 Å². The Kier molecular flexibility index (Phi) is 6.08. The van der Waals surface area contributed by atoms with E-state index in [0.29, 0.717) is 17.0 Å². The van der Waals surface area contributed by atoms with E-state index in [4.69, 9.17) is 17.0 Å². The lowest BCUT2D eigenvalue weighted by atomic mass is 9.91. The first-order valence-corrected chi connectivity index (χ1v) is 11.8. The Morgan fingerprint density at radius 3 is 2.67 bits per heavy atom. The summed E-state index contributed by atoms with van der Waals surface area (Å²) in [6.45, 7) is 1.70. The quantitative estimate of drug-likeness (QED) is 0.281. The second-order valence-corrected chi connectivity index (χ2v) is 10.0. The van der Waals surface area contributed by atoms with Crippen molar-refractivity contribution in [2.75, 3.05) is 11.5 Å². The lowest BCUT2D eigenvalue weighted by Crippen LogP contribution is -2.60. The van der Waals surface area contributed by atoms with Gasteiger partial charge in [0, 0.05) is 34.5 Å². The third-order valence-electron chi connectivity index (χ3n) is 5.42. The Balaban J connectivity index is 1.54. The lowest BCUT2D eigenvalue weighted by Gasteiger charge is -2.44. The van der Waals surface area contributed by atoms with Crippen molar-refractivity contribution in [1.29, 1.82) is 0 Å². The third-order valence-corrected chi connectivity index (χ3v) is 8.40. The van der Waals surface area contributed by atoms with Gasteiger partial charge in [0.1, 0.15) is 17.7 Å². The van der Waals surface area contributed by atoms with Crippen LogP contribution in [0.25, 0.3) is 0 Å². The van der Waals surface area contributed by atoms with E-state index in [1.165, 1.54) is 23.9 Å². The Morgan fingerprint density at radius 1 is 1.40 bits per heavy atom. The number of hydrogen-bond donors (Lipinski definition) is 2. The van der Waals surface area contributed by atoms with Crippen molar-refractivity contribution in [3.63, 3.8) is 0 Å². The van der Waals surface area contributed by atoms with E-state index in [2.05, 4.69) is 0 Å². The van der Waals surface area contributed by atoms with Crippen LogP contribution in [-0.4, -0.2) is 60.1 Å². The highest BCUT2D eigenvalue weighted by Gasteiger charge is 2.58.